The molecule has 0 spiro atoms. The van der Waals surface area contributed by atoms with Gasteiger partial charge in [0.2, 0.25) is 0 Å². The molecular formula is C31H38N6O4. The monoisotopic (exact) mass is 558 g/mol. The molecule has 4 rings (SSSR count). The molecule has 216 valence electrons. The Kier molecular flexibility index (Phi) is 9.69. The van der Waals surface area contributed by atoms with Gasteiger partial charge in [0.25, 0.3) is 11.8 Å². The summed E-state index contributed by atoms with van der Waals surface area (Å²) in [5.41, 5.74) is 2.62. The SMILES string of the molecule is CN1CCN(CCNC(=O)c2ccc(C(=O)Nc3cc(-c4cccnc4)ccc3NC(=O)OC(C)(C)C)cc2)CC1. The van der Waals surface area contributed by atoms with Crippen molar-refractivity contribution < 1.29 is 19.1 Å². The molecule has 1 saturated heterocycles. The van der Waals surface area contributed by atoms with E-state index in [9.17, 15) is 14.4 Å². The molecule has 1 aliphatic heterocycles. The molecule has 41 heavy (non-hydrogen) atoms. The van der Waals surface area contributed by atoms with Gasteiger partial charge in [0.05, 0.1) is 11.4 Å². The number of carbonyl (C=O) groups excluding carboxylic acids is 3. The average molecular weight is 559 g/mol. The summed E-state index contributed by atoms with van der Waals surface area (Å²) in [5, 5.41) is 8.57. The fraction of sp³-hybridized carbons (Fsp3) is 0.355. The number of ether oxygens (including phenoxy) is 1. The van der Waals surface area contributed by atoms with E-state index in [1.807, 2.05) is 18.2 Å². The zero-order chi connectivity index (χ0) is 29.4. The number of rotatable bonds is 8. The summed E-state index contributed by atoms with van der Waals surface area (Å²) in [6, 6.07) is 15.5. The van der Waals surface area contributed by atoms with Gasteiger partial charge in [-0.15, -0.1) is 0 Å². The number of pyridine rings is 1. The number of benzene rings is 2. The van der Waals surface area contributed by atoms with Crippen molar-refractivity contribution in [3.8, 4) is 11.1 Å². The smallest absolute Gasteiger partial charge is 0.412 e. The molecule has 0 unspecified atom stereocenters. The number of aromatic nitrogens is 1. The summed E-state index contributed by atoms with van der Waals surface area (Å²) in [6.45, 7) is 10.7. The zero-order valence-corrected chi connectivity index (χ0v) is 24.1. The number of anilines is 2. The lowest BCUT2D eigenvalue weighted by Gasteiger charge is -2.32. The van der Waals surface area contributed by atoms with Gasteiger partial charge < -0.3 is 20.3 Å². The van der Waals surface area contributed by atoms with E-state index in [-0.39, 0.29) is 11.8 Å². The van der Waals surface area contributed by atoms with Gasteiger partial charge in [-0.2, -0.15) is 0 Å². The van der Waals surface area contributed by atoms with Gasteiger partial charge in [0, 0.05) is 68.4 Å². The van der Waals surface area contributed by atoms with Crippen molar-refractivity contribution in [2.75, 3.05) is 56.9 Å². The minimum atomic E-state index is -0.679. The molecule has 10 nitrogen and oxygen atoms in total. The van der Waals surface area contributed by atoms with Crippen molar-refractivity contribution >= 4 is 29.3 Å². The quantitative estimate of drug-likeness (QED) is 0.377. The second-order valence-corrected chi connectivity index (χ2v) is 11.1. The Morgan fingerprint density at radius 1 is 0.854 bits per heavy atom. The van der Waals surface area contributed by atoms with Crippen LogP contribution in [0.25, 0.3) is 11.1 Å². The van der Waals surface area contributed by atoms with Crippen molar-refractivity contribution in [1.29, 1.82) is 0 Å². The van der Waals surface area contributed by atoms with Gasteiger partial charge in [0.15, 0.2) is 0 Å². The third-order valence-electron chi connectivity index (χ3n) is 6.62. The largest absolute Gasteiger partial charge is 0.444 e. The Morgan fingerprint density at radius 2 is 1.54 bits per heavy atom. The highest BCUT2D eigenvalue weighted by Crippen LogP contribution is 2.30. The fourth-order valence-corrected chi connectivity index (χ4v) is 4.35. The van der Waals surface area contributed by atoms with E-state index in [1.54, 1.807) is 69.6 Å². The molecule has 0 bridgehead atoms. The van der Waals surface area contributed by atoms with Crippen molar-refractivity contribution in [2.24, 2.45) is 0 Å². The number of hydrogen-bond donors (Lipinski definition) is 3. The maximum Gasteiger partial charge on any atom is 0.412 e. The van der Waals surface area contributed by atoms with Crippen LogP contribution in [0.2, 0.25) is 0 Å². The van der Waals surface area contributed by atoms with E-state index in [0.29, 0.717) is 29.0 Å². The number of piperazine rings is 1. The summed E-state index contributed by atoms with van der Waals surface area (Å²) in [5.74, 6) is -0.568. The van der Waals surface area contributed by atoms with Crippen LogP contribution < -0.4 is 16.0 Å². The first-order valence-corrected chi connectivity index (χ1v) is 13.7. The normalized spacial score (nSPS) is 14.2. The maximum atomic E-state index is 13.2. The second kappa shape index (κ2) is 13.4. The number of nitrogens with one attached hydrogen (secondary N) is 3. The molecule has 0 aliphatic carbocycles. The standard InChI is InChI=1S/C31H38N6O4/c1-31(2,3)41-30(40)35-26-12-11-24(25-6-5-13-32-21-25)20-27(26)34-29(39)23-9-7-22(8-10-23)28(38)33-14-15-37-18-16-36(4)17-19-37/h5-13,20-21H,14-19H2,1-4H3,(H,33,38)(H,34,39)(H,35,40). The van der Waals surface area contributed by atoms with Gasteiger partial charge in [-0.25, -0.2) is 4.79 Å². The average Bonchev–Trinajstić information content (AvgIpc) is 2.94. The van der Waals surface area contributed by atoms with Gasteiger partial charge in [-0.3, -0.25) is 24.8 Å². The molecule has 2 aromatic carbocycles. The topological polar surface area (TPSA) is 116 Å². The molecule has 3 aromatic rings. The summed E-state index contributed by atoms with van der Waals surface area (Å²) < 4.78 is 5.39. The Hall–Kier alpha value is -4.28. The number of hydrogen-bond acceptors (Lipinski definition) is 7. The molecule has 1 aromatic heterocycles. The lowest BCUT2D eigenvalue weighted by Crippen LogP contribution is -2.46. The van der Waals surface area contributed by atoms with E-state index < -0.39 is 11.7 Å². The number of carbonyl (C=O) groups is 3. The van der Waals surface area contributed by atoms with Crippen LogP contribution in [-0.4, -0.2) is 84.6 Å². The molecule has 1 aliphatic rings. The second-order valence-electron chi connectivity index (χ2n) is 11.1. The van der Waals surface area contributed by atoms with Crippen molar-refractivity contribution in [3.63, 3.8) is 0 Å². The minimum Gasteiger partial charge on any atom is -0.444 e. The van der Waals surface area contributed by atoms with Crippen LogP contribution in [0.1, 0.15) is 41.5 Å². The van der Waals surface area contributed by atoms with E-state index in [2.05, 4.69) is 37.8 Å². The first-order valence-electron chi connectivity index (χ1n) is 13.7. The third kappa shape index (κ3) is 8.86. The minimum absolute atomic E-state index is 0.181. The van der Waals surface area contributed by atoms with Crippen LogP contribution in [0.15, 0.2) is 67.0 Å². The summed E-state index contributed by atoms with van der Waals surface area (Å²) in [7, 11) is 2.11. The molecular weight excluding hydrogens is 520 g/mol. The molecule has 0 radical (unpaired) electrons. The van der Waals surface area contributed by atoms with Gasteiger partial charge in [-0.05, 0) is 75.8 Å². The predicted octanol–water partition coefficient (Wildman–Crippen LogP) is 4.33. The first kappa shape index (κ1) is 29.7. The molecule has 2 heterocycles. The fourth-order valence-electron chi connectivity index (χ4n) is 4.35. The van der Waals surface area contributed by atoms with Gasteiger partial charge in [-0.1, -0.05) is 12.1 Å². The van der Waals surface area contributed by atoms with Crippen LogP contribution in [0.4, 0.5) is 16.2 Å². The molecule has 3 amide bonds. The van der Waals surface area contributed by atoms with Crippen LogP contribution >= 0.6 is 0 Å². The van der Waals surface area contributed by atoms with E-state index in [0.717, 1.165) is 43.9 Å². The lowest BCUT2D eigenvalue weighted by molar-refractivity contribution is 0.0635. The Morgan fingerprint density at radius 3 is 2.17 bits per heavy atom. The number of nitrogens with zero attached hydrogens (tertiary/aromatic N) is 3. The summed E-state index contributed by atoms with van der Waals surface area (Å²) >= 11 is 0. The summed E-state index contributed by atoms with van der Waals surface area (Å²) in [6.07, 6.45) is 2.77. The Bertz CT molecular complexity index is 1350. The zero-order valence-electron chi connectivity index (χ0n) is 24.1. The highest BCUT2D eigenvalue weighted by atomic mass is 16.6. The third-order valence-corrected chi connectivity index (χ3v) is 6.62. The van der Waals surface area contributed by atoms with Crippen LogP contribution in [0.3, 0.4) is 0 Å². The number of likely N-dealkylation sites (N-methyl/N-ethyl adjacent to an activating group) is 1. The van der Waals surface area contributed by atoms with E-state index >= 15 is 0 Å². The highest BCUT2D eigenvalue weighted by molar-refractivity contribution is 6.08. The van der Waals surface area contributed by atoms with Crippen molar-refractivity contribution in [1.82, 2.24) is 20.1 Å². The molecule has 0 saturated carbocycles. The predicted molar refractivity (Wildman–Crippen MR) is 160 cm³/mol. The summed E-state index contributed by atoms with van der Waals surface area (Å²) in [4.78, 5) is 47.1. The highest BCUT2D eigenvalue weighted by Gasteiger charge is 2.19. The van der Waals surface area contributed by atoms with E-state index in [1.165, 1.54) is 0 Å². The number of amides is 3. The first-order chi connectivity index (χ1) is 19.6. The molecule has 10 heteroatoms. The van der Waals surface area contributed by atoms with Crippen molar-refractivity contribution in [2.45, 2.75) is 26.4 Å². The van der Waals surface area contributed by atoms with Crippen LogP contribution in [0.5, 0.6) is 0 Å². The van der Waals surface area contributed by atoms with Gasteiger partial charge >= 0.3 is 6.09 Å². The van der Waals surface area contributed by atoms with Crippen molar-refractivity contribution in [3.05, 3.63) is 78.1 Å². The maximum absolute atomic E-state index is 13.2. The van der Waals surface area contributed by atoms with Crippen LogP contribution in [0, 0.1) is 0 Å². The lowest BCUT2D eigenvalue weighted by atomic mass is 10.1. The molecule has 1 fully saturated rings. The molecule has 0 atom stereocenters. The van der Waals surface area contributed by atoms with Crippen LogP contribution in [-0.2, 0) is 4.74 Å². The van der Waals surface area contributed by atoms with E-state index in [4.69, 9.17) is 4.74 Å². The molecule has 3 N–H and O–H groups in total. The van der Waals surface area contributed by atoms with Gasteiger partial charge in [0.1, 0.15) is 5.60 Å². The Labute approximate surface area is 241 Å². The Balaban J connectivity index is 1.42.